The van der Waals surface area contributed by atoms with Crippen molar-refractivity contribution < 1.29 is 34.0 Å². The molecule has 0 saturated carbocycles. The summed E-state index contributed by atoms with van der Waals surface area (Å²) in [6, 6.07) is 0. The fraction of sp³-hybridized carbons (Fsp3) is 0.719. The van der Waals surface area contributed by atoms with Gasteiger partial charge in [-0.25, -0.2) is 0 Å². The maximum atomic E-state index is 13.9. The summed E-state index contributed by atoms with van der Waals surface area (Å²) in [5.41, 5.74) is 0.788. The number of hydrogen-bond donors (Lipinski definition) is 2. The number of ether oxygens (including phenoxy) is 4. The van der Waals surface area contributed by atoms with Crippen LogP contribution in [-0.4, -0.2) is 64.7 Å². The van der Waals surface area contributed by atoms with E-state index in [-0.39, 0.29) is 18.8 Å². The summed E-state index contributed by atoms with van der Waals surface area (Å²) in [6.45, 7) is 10.6. The summed E-state index contributed by atoms with van der Waals surface area (Å²) >= 11 is 0. The average Bonchev–Trinajstić information content (AvgIpc) is 3.23. The minimum atomic E-state index is -1.68. The predicted molar refractivity (Wildman–Crippen MR) is 148 cm³/mol. The van der Waals surface area contributed by atoms with Crippen molar-refractivity contribution in [1.82, 2.24) is 0 Å². The number of hydrogen-bond acceptors (Lipinski definition) is 7. The van der Waals surface area contributed by atoms with Crippen LogP contribution in [0.25, 0.3) is 0 Å². The van der Waals surface area contributed by atoms with Gasteiger partial charge < -0.3 is 29.2 Å². The van der Waals surface area contributed by atoms with Crippen LogP contribution in [0.4, 0.5) is 0 Å². The van der Waals surface area contributed by atoms with Crippen LogP contribution in [0.2, 0.25) is 0 Å². The minimum Gasteiger partial charge on any atom is -0.462 e. The monoisotopic (exact) mass is 542 g/mol. The molecule has 0 aromatic heterocycles. The minimum absolute atomic E-state index is 0.104. The first-order valence-corrected chi connectivity index (χ1v) is 14.8. The topological polar surface area (TPSA) is 94.5 Å². The fourth-order valence-electron chi connectivity index (χ4n) is 7.23. The molecular formula is C32H46O7. The molecule has 2 N–H and O–H groups in total. The Hall–Kier alpha value is -1.77. The molecule has 1 spiro atoms. The summed E-state index contributed by atoms with van der Waals surface area (Å²) < 4.78 is 25.4. The fourth-order valence-corrected chi connectivity index (χ4v) is 7.23. The first kappa shape index (κ1) is 28.7. The molecule has 3 saturated heterocycles. The normalized spacial score (nSPS) is 48.7. The second kappa shape index (κ2) is 11.2. The molecule has 216 valence electrons. The maximum absolute atomic E-state index is 13.9. The molecule has 0 amide bonds. The van der Waals surface area contributed by atoms with E-state index < -0.39 is 41.6 Å². The number of allylic oxidation sites excluding steroid dienone is 4. The van der Waals surface area contributed by atoms with Crippen molar-refractivity contribution in [2.45, 2.75) is 121 Å². The van der Waals surface area contributed by atoms with Gasteiger partial charge in [-0.3, -0.25) is 4.79 Å². The number of aliphatic hydroxyl groups is 2. The van der Waals surface area contributed by atoms with Crippen molar-refractivity contribution in [1.29, 1.82) is 0 Å². The van der Waals surface area contributed by atoms with Crippen LogP contribution >= 0.6 is 0 Å². The molecular weight excluding hydrogens is 496 g/mol. The first-order valence-electron chi connectivity index (χ1n) is 14.8. The van der Waals surface area contributed by atoms with Crippen LogP contribution < -0.4 is 0 Å². The van der Waals surface area contributed by atoms with E-state index in [1.54, 1.807) is 13.0 Å². The molecule has 1 aliphatic carbocycles. The van der Waals surface area contributed by atoms with Crippen LogP contribution in [0.3, 0.4) is 0 Å². The number of esters is 1. The number of carbonyl (C=O) groups excluding carboxylic acids is 1. The van der Waals surface area contributed by atoms with Crippen LogP contribution in [0, 0.1) is 17.8 Å². The molecule has 2 bridgehead atoms. The highest BCUT2D eigenvalue weighted by Gasteiger charge is 2.60. The van der Waals surface area contributed by atoms with Gasteiger partial charge >= 0.3 is 5.97 Å². The molecule has 5 aliphatic rings. The Morgan fingerprint density at radius 3 is 2.72 bits per heavy atom. The van der Waals surface area contributed by atoms with Crippen molar-refractivity contribution in [2.24, 2.45) is 17.8 Å². The van der Waals surface area contributed by atoms with Gasteiger partial charge in [-0.2, -0.15) is 0 Å². The van der Waals surface area contributed by atoms with Gasteiger partial charge in [0.2, 0.25) is 0 Å². The Labute approximate surface area is 232 Å². The number of aliphatic hydroxyl groups excluding tert-OH is 1. The van der Waals surface area contributed by atoms with Crippen molar-refractivity contribution in [3.05, 3.63) is 47.1 Å². The van der Waals surface area contributed by atoms with Gasteiger partial charge in [-0.1, -0.05) is 56.7 Å². The number of fused-ring (bicyclic) bond motifs is 2. The smallest absolute Gasteiger partial charge is 0.316 e. The van der Waals surface area contributed by atoms with Crippen LogP contribution in [0.15, 0.2) is 47.1 Å². The Morgan fingerprint density at radius 1 is 1.15 bits per heavy atom. The molecule has 4 aliphatic heterocycles. The number of carbonyl (C=O) groups is 1. The Bertz CT molecular complexity index is 1060. The molecule has 0 aromatic rings. The van der Waals surface area contributed by atoms with Crippen molar-refractivity contribution in [3.63, 3.8) is 0 Å². The third kappa shape index (κ3) is 5.58. The van der Waals surface area contributed by atoms with Gasteiger partial charge in [0.25, 0.3) is 0 Å². The highest BCUT2D eigenvalue weighted by molar-refractivity contribution is 5.78. The van der Waals surface area contributed by atoms with Crippen molar-refractivity contribution in [2.75, 3.05) is 6.61 Å². The van der Waals surface area contributed by atoms with Gasteiger partial charge in [0.05, 0.1) is 18.8 Å². The van der Waals surface area contributed by atoms with Crippen LogP contribution in [0.5, 0.6) is 0 Å². The van der Waals surface area contributed by atoms with Gasteiger partial charge in [-0.05, 0) is 62.5 Å². The van der Waals surface area contributed by atoms with E-state index in [2.05, 4.69) is 39.8 Å². The van der Waals surface area contributed by atoms with E-state index >= 15 is 0 Å². The molecule has 10 atom stereocenters. The lowest BCUT2D eigenvalue weighted by atomic mass is 9.71. The number of rotatable bonds is 1. The zero-order chi connectivity index (χ0) is 27.9. The summed E-state index contributed by atoms with van der Waals surface area (Å²) in [5.74, 6) is -1.52. The predicted octanol–water partition coefficient (Wildman–Crippen LogP) is 4.92. The summed E-state index contributed by atoms with van der Waals surface area (Å²) in [4.78, 5) is 13.9. The molecule has 0 aromatic carbocycles. The molecule has 7 heteroatoms. The van der Waals surface area contributed by atoms with Gasteiger partial charge in [0.1, 0.15) is 29.8 Å². The average molecular weight is 543 g/mol. The lowest BCUT2D eigenvalue weighted by Crippen LogP contribution is -2.58. The Morgan fingerprint density at radius 2 is 1.95 bits per heavy atom. The summed E-state index contributed by atoms with van der Waals surface area (Å²) in [7, 11) is 0. The van der Waals surface area contributed by atoms with E-state index in [0.717, 1.165) is 32.1 Å². The highest BCUT2D eigenvalue weighted by Crippen LogP contribution is 2.47. The second-order valence-electron chi connectivity index (χ2n) is 12.7. The van der Waals surface area contributed by atoms with Gasteiger partial charge in [-0.15, -0.1) is 0 Å². The molecule has 4 heterocycles. The van der Waals surface area contributed by atoms with Gasteiger partial charge in [0.15, 0.2) is 5.79 Å². The molecule has 7 nitrogen and oxygen atoms in total. The third-order valence-corrected chi connectivity index (χ3v) is 9.50. The molecule has 39 heavy (non-hydrogen) atoms. The lowest BCUT2D eigenvalue weighted by molar-refractivity contribution is -0.335. The molecule has 3 fully saturated rings. The molecule has 10 unspecified atom stereocenters. The SMILES string of the molecule is CCC1OC2(CCC1C)CC1CC(C/C=C(\C)CC(C)/C=C/C=C3\COC4C(O)C(C)=CC(C(=O)O1)C34O)O2. The standard InChI is InChI=1S/C32H46O7/c1-6-27-21(4)12-13-31(39-27)17-25-16-24(38-31)11-10-20(3)14-19(2)8-7-9-23-18-36-29-28(33)22(5)15-26(30(34)37-25)32(23,29)35/h7-10,15,19,21,24-29,33,35H,6,11-14,16-18H2,1-5H3/b8-7+,20-10+,23-9+. The lowest BCUT2D eigenvalue weighted by Gasteiger charge is -2.50. The van der Waals surface area contributed by atoms with E-state index in [4.69, 9.17) is 18.9 Å². The maximum Gasteiger partial charge on any atom is 0.316 e. The van der Waals surface area contributed by atoms with Crippen LogP contribution in [-0.2, 0) is 23.7 Å². The summed E-state index contributed by atoms with van der Waals surface area (Å²) in [5, 5.41) is 22.9. The zero-order valence-electron chi connectivity index (χ0n) is 24.1. The molecule has 0 radical (unpaired) electrons. The van der Waals surface area contributed by atoms with E-state index in [1.807, 2.05) is 12.2 Å². The largest absolute Gasteiger partial charge is 0.462 e. The van der Waals surface area contributed by atoms with Crippen LogP contribution in [0.1, 0.15) is 79.6 Å². The Balaban J connectivity index is 1.51. The summed E-state index contributed by atoms with van der Waals surface area (Å²) in [6.07, 6.45) is 12.8. The van der Waals surface area contributed by atoms with E-state index in [0.29, 0.717) is 35.8 Å². The van der Waals surface area contributed by atoms with Crippen molar-refractivity contribution in [3.8, 4) is 0 Å². The Kier molecular flexibility index (Phi) is 8.29. The quantitative estimate of drug-likeness (QED) is 0.359. The van der Waals surface area contributed by atoms with Crippen molar-refractivity contribution >= 4 is 5.97 Å². The second-order valence-corrected chi connectivity index (χ2v) is 12.7. The van der Waals surface area contributed by atoms with E-state index in [9.17, 15) is 15.0 Å². The zero-order valence-corrected chi connectivity index (χ0v) is 24.1. The van der Waals surface area contributed by atoms with Gasteiger partial charge in [0, 0.05) is 19.3 Å². The third-order valence-electron chi connectivity index (χ3n) is 9.50. The van der Waals surface area contributed by atoms with E-state index in [1.165, 1.54) is 5.57 Å². The molecule has 5 rings (SSSR count). The highest BCUT2D eigenvalue weighted by atomic mass is 16.7. The first-order chi connectivity index (χ1) is 18.5.